The first-order chi connectivity index (χ1) is 29.9. The van der Waals surface area contributed by atoms with E-state index in [2.05, 4.69) is 64.2 Å². The third-order valence-corrected chi connectivity index (χ3v) is 13.4. The molecule has 5 atom stereocenters. The lowest BCUT2D eigenvalue weighted by atomic mass is 9.63. The monoisotopic (exact) mass is 819 g/mol. The zero-order valence-corrected chi connectivity index (χ0v) is 35.0. The maximum atomic E-state index is 11.6. The van der Waals surface area contributed by atoms with Crippen LogP contribution in [-0.4, -0.2) is 75.2 Å². The van der Waals surface area contributed by atoms with E-state index in [1.165, 1.54) is 16.7 Å². The van der Waals surface area contributed by atoms with Crippen molar-refractivity contribution in [3.63, 3.8) is 0 Å². The fraction of sp³-hybridized carbons (Fsp3) is 0.353. The highest BCUT2D eigenvalue weighted by Gasteiger charge is 2.45. The molecule has 10 heteroatoms. The van der Waals surface area contributed by atoms with Gasteiger partial charge in [0.05, 0.1) is 32.3 Å². The number of likely N-dealkylation sites (N-methyl/N-ethyl adjacent to an activating group) is 1. The molecule has 5 aliphatic rings. The van der Waals surface area contributed by atoms with Crippen LogP contribution in [0.1, 0.15) is 74.4 Å². The number of hydrogen-bond donors (Lipinski definition) is 5. The van der Waals surface area contributed by atoms with Crippen molar-refractivity contribution >= 4 is 12.2 Å². The number of aliphatic hydroxyl groups excluding tert-OH is 1. The summed E-state index contributed by atoms with van der Waals surface area (Å²) >= 11 is 0. The Kier molecular flexibility index (Phi) is 10.6. The van der Waals surface area contributed by atoms with E-state index < -0.39 is 6.10 Å². The Balaban J connectivity index is 1.14. The Morgan fingerprint density at radius 2 is 1.74 bits per heavy atom. The molecule has 5 unspecified atom stereocenters. The lowest BCUT2D eigenvalue weighted by Crippen LogP contribution is -2.38. The van der Waals surface area contributed by atoms with Gasteiger partial charge < -0.3 is 39.6 Å². The first-order valence-electron chi connectivity index (χ1n) is 21.6. The van der Waals surface area contributed by atoms with Crippen LogP contribution in [-0.2, 0) is 36.8 Å². The third kappa shape index (κ3) is 6.86. The van der Waals surface area contributed by atoms with Gasteiger partial charge in [-0.25, -0.2) is 0 Å². The van der Waals surface area contributed by atoms with Crippen LogP contribution in [0, 0.1) is 0 Å². The molecule has 5 N–H and O–H groups in total. The van der Waals surface area contributed by atoms with Crippen molar-refractivity contribution in [1.82, 2.24) is 10.6 Å². The molecular formula is C51H53N3O7. The Morgan fingerprint density at radius 1 is 0.869 bits per heavy atom. The van der Waals surface area contributed by atoms with E-state index in [9.17, 15) is 15.3 Å². The minimum absolute atomic E-state index is 0.00310. The van der Waals surface area contributed by atoms with E-state index in [1.54, 1.807) is 7.11 Å². The van der Waals surface area contributed by atoms with Crippen LogP contribution in [0.5, 0.6) is 28.7 Å². The fourth-order valence-electron chi connectivity index (χ4n) is 10.7. The average molecular weight is 820 g/mol. The first kappa shape index (κ1) is 39.5. The summed E-state index contributed by atoms with van der Waals surface area (Å²) in [6.45, 7) is 1.58. The van der Waals surface area contributed by atoms with Crippen molar-refractivity contribution in [2.75, 3.05) is 47.6 Å². The fourth-order valence-corrected chi connectivity index (χ4v) is 10.7. The van der Waals surface area contributed by atoms with E-state index in [1.807, 2.05) is 50.5 Å². The molecule has 0 bridgehead atoms. The number of aromatic hydroxyl groups is 2. The summed E-state index contributed by atoms with van der Waals surface area (Å²) in [6.07, 6.45) is 7.06. The average Bonchev–Trinajstić information content (AvgIpc) is 3.77. The quantitative estimate of drug-likeness (QED) is 0.0972. The molecule has 0 spiro atoms. The van der Waals surface area contributed by atoms with Gasteiger partial charge in [0.15, 0.2) is 17.6 Å². The minimum Gasteiger partial charge on any atom is -0.507 e. The minimum atomic E-state index is -0.524. The second-order valence-corrected chi connectivity index (χ2v) is 17.0. The van der Waals surface area contributed by atoms with Gasteiger partial charge >= 0.3 is 0 Å². The SMILES string of the molecule is CNCOC1Cc2c3c(c4c(c2OC1c1cc(CCc2ccccc2)c(O)c(OC)c1)CCC(CO)O4)-c1ccc(O)c2c1C(C3)C(c1ccc3c(c1)=CCN=3)C(CNC)=C2. The molecular weight excluding hydrogens is 767 g/mol. The lowest BCUT2D eigenvalue weighted by Gasteiger charge is -2.44. The molecule has 10 rings (SSSR count). The van der Waals surface area contributed by atoms with E-state index >= 15 is 0 Å². The predicted molar refractivity (Wildman–Crippen MR) is 235 cm³/mol. The second-order valence-electron chi connectivity index (χ2n) is 17.0. The van der Waals surface area contributed by atoms with Crippen LogP contribution in [0.15, 0.2) is 83.4 Å². The van der Waals surface area contributed by atoms with Crippen LogP contribution < -0.4 is 35.4 Å². The molecule has 10 nitrogen and oxygen atoms in total. The first-order valence-corrected chi connectivity index (χ1v) is 21.6. The van der Waals surface area contributed by atoms with Gasteiger partial charge in [-0.3, -0.25) is 10.3 Å². The van der Waals surface area contributed by atoms with Gasteiger partial charge in [-0.05, 0) is 138 Å². The number of ether oxygens (including phenoxy) is 4. The molecule has 314 valence electrons. The predicted octanol–water partition coefficient (Wildman–Crippen LogP) is 5.94. The third-order valence-electron chi connectivity index (χ3n) is 13.4. The number of hydrogen-bond acceptors (Lipinski definition) is 10. The summed E-state index contributed by atoms with van der Waals surface area (Å²) in [6, 6.07) is 24.7. The van der Waals surface area contributed by atoms with Crippen molar-refractivity contribution in [2.45, 2.75) is 68.7 Å². The van der Waals surface area contributed by atoms with E-state index in [0.29, 0.717) is 57.7 Å². The normalized spacial score (nSPS) is 21.6. The lowest BCUT2D eigenvalue weighted by molar-refractivity contribution is -0.0436. The summed E-state index contributed by atoms with van der Waals surface area (Å²) in [7, 11) is 5.43. The summed E-state index contributed by atoms with van der Waals surface area (Å²) in [5, 5.41) is 42.2. The van der Waals surface area contributed by atoms with Crippen LogP contribution in [0.4, 0.5) is 0 Å². The molecule has 5 aromatic carbocycles. The highest BCUT2D eigenvalue weighted by atomic mass is 16.6. The number of fused-ring (bicyclic) bond motifs is 8. The van der Waals surface area contributed by atoms with Crippen LogP contribution in [0.2, 0.25) is 0 Å². The van der Waals surface area contributed by atoms with Gasteiger partial charge in [0, 0.05) is 41.1 Å². The summed E-state index contributed by atoms with van der Waals surface area (Å²) in [4.78, 5) is 4.68. The number of aliphatic hydroxyl groups is 1. The molecule has 61 heavy (non-hydrogen) atoms. The van der Waals surface area contributed by atoms with Crippen LogP contribution in [0.25, 0.3) is 23.3 Å². The highest BCUT2D eigenvalue weighted by Crippen LogP contribution is 2.60. The number of rotatable bonds is 12. The Labute approximate surface area is 356 Å². The van der Waals surface area contributed by atoms with Crippen molar-refractivity contribution < 1.29 is 34.3 Å². The number of phenolic OH excluding ortho intramolecular Hbond substituents is 2. The van der Waals surface area contributed by atoms with Gasteiger partial charge in [-0.1, -0.05) is 48.5 Å². The summed E-state index contributed by atoms with van der Waals surface area (Å²) in [5.41, 5.74) is 12.6. The van der Waals surface area contributed by atoms with Crippen molar-refractivity contribution in [3.05, 3.63) is 139 Å². The van der Waals surface area contributed by atoms with Gasteiger partial charge in [0.1, 0.15) is 29.5 Å². The van der Waals surface area contributed by atoms with Gasteiger partial charge in [-0.2, -0.15) is 0 Å². The van der Waals surface area contributed by atoms with Gasteiger partial charge in [-0.15, -0.1) is 0 Å². The van der Waals surface area contributed by atoms with Crippen molar-refractivity contribution in [2.24, 2.45) is 4.99 Å². The van der Waals surface area contributed by atoms with Gasteiger partial charge in [0.25, 0.3) is 0 Å². The number of nitrogens with one attached hydrogen (secondary N) is 2. The summed E-state index contributed by atoms with van der Waals surface area (Å²) in [5.74, 6) is 2.38. The maximum Gasteiger partial charge on any atom is 0.161 e. The molecule has 0 saturated carbocycles. The maximum absolute atomic E-state index is 11.6. The molecule has 5 aromatic rings. The summed E-state index contributed by atoms with van der Waals surface area (Å²) < 4.78 is 26.6. The number of aryl methyl sites for hydroxylation is 2. The van der Waals surface area contributed by atoms with E-state index in [0.717, 1.165) is 78.6 Å². The molecule has 0 saturated heterocycles. The Bertz CT molecular complexity index is 2680. The molecule has 2 aliphatic carbocycles. The van der Waals surface area contributed by atoms with Crippen LogP contribution >= 0.6 is 0 Å². The number of phenols is 2. The molecule has 0 aromatic heterocycles. The Hall–Kier alpha value is -5.65. The number of benzene rings is 5. The molecule has 0 amide bonds. The molecule has 3 aliphatic heterocycles. The topological polar surface area (TPSA) is 134 Å². The molecule has 0 fully saturated rings. The standard InChI is InChI=1S/C51H53N3O7/c1-52-25-33-21-39-42(56)16-14-35-46(39)40(45(33)30-11-15-41-29(19-30)17-18-54-41)23-37-38-24-44(59-27-53-2)49(61-50(38)36-13-12-34(26-55)60-51(36)47(35)37)32-20-31(48(57)43(22-32)58-3)10-9-28-7-5-4-6-8-28/h4-8,11,14-17,19-22,34,40,44-45,49,52-53,55-57H,9-10,12-13,18,23-27H2,1-3H3. The smallest absolute Gasteiger partial charge is 0.161 e. The van der Waals surface area contributed by atoms with Crippen molar-refractivity contribution in [1.29, 1.82) is 0 Å². The zero-order valence-electron chi connectivity index (χ0n) is 35.0. The second kappa shape index (κ2) is 16.3. The molecule has 3 heterocycles. The van der Waals surface area contributed by atoms with Crippen molar-refractivity contribution in [3.8, 4) is 39.9 Å². The largest absolute Gasteiger partial charge is 0.507 e. The van der Waals surface area contributed by atoms with Crippen LogP contribution in [0.3, 0.4) is 0 Å². The van der Waals surface area contributed by atoms with E-state index in [4.69, 9.17) is 18.9 Å². The highest BCUT2D eigenvalue weighted by molar-refractivity contribution is 5.89. The Morgan fingerprint density at radius 3 is 2.54 bits per heavy atom. The molecule has 0 radical (unpaired) electrons. The van der Waals surface area contributed by atoms with Gasteiger partial charge in [0.2, 0.25) is 0 Å². The number of nitrogens with zero attached hydrogens (tertiary/aromatic N) is 1. The van der Waals surface area contributed by atoms with E-state index in [-0.39, 0.29) is 42.1 Å². The number of methoxy groups -OCH3 is 1. The zero-order chi connectivity index (χ0) is 41.8.